The van der Waals surface area contributed by atoms with Crippen molar-refractivity contribution in [2.24, 2.45) is 41.0 Å². The number of amides is 5. The Hall–Kier alpha value is -3.79. The SMILES string of the molecule is C=CCNC(=O)C(=O)C(CC1CC1)NC(=O)[C@@H]1[C@@H]2[C@H](CN1C(=O)[C@@H](NC(=O)N[C@H](CN(C)S(=O)(=O)c1cn(C)cn1)C(C)(C)C)C(C)(C)C)C2(C)C. The molecule has 1 aliphatic heterocycles. The number of imidazole rings is 1. The molecular formula is C36H58N8O7S. The number of urea groups is 1. The Kier molecular flexibility index (Phi) is 11.8. The summed E-state index contributed by atoms with van der Waals surface area (Å²) in [6.45, 7) is 19.1. The number of sulfonamides is 1. The highest BCUT2D eigenvalue weighted by atomic mass is 32.2. The lowest BCUT2D eigenvalue weighted by molar-refractivity contribution is -0.145. The summed E-state index contributed by atoms with van der Waals surface area (Å²) in [4.78, 5) is 73.6. The fourth-order valence-electron chi connectivity index (χ4n) is 7.12. The zero-order chi connectivity index (χ0) is 39.1. The summed E-state index contributed by atoms with van der Waals surface area (Å²) in [6.07, 6.45) is 6.42. The molecule has 4 rings (SSSR count). The van der Waals surface area contributed by atoms with Crippen LogP contribution in [0.25, 0.3) is 0 Å². The van der Waals surface area contributed by atoms with Gasteiger partial charge in [0.1, 0.15) is 12.1 Å². The molecule has 0 aromatic carbocycles. The maximum Gasteiger partial charge on any atom is 0.315 e. The molecule has 52 heavy (non-hydrogen) atoms. The number of aromatic nitrogens is 2. The molecule has 6 atom stereocenters. The number of aryl methyl sites for hydroxylation is 1. The second-order valence-electron chi connectivity index (χ2n) is 17.5. The van der Waals surface area contributed by atoms with Crippen LogP contribution in [0.15, 0.2) is 30.2 Å². The minimum atomic E-state index is -3.95. The smallest absolute Gasteiger partial charge is 0.315 e. The van der Waals surface area contributed by atoms with Crippen molar-refractivity contribution >= 4 is 39.6 Å². The lowest BCUT2D eigenvalue weighted by Crippen LogP contribution is -2.62. The first-order valence-electron chi connectivity index (χ1n) is 18.0. The molecule has 1 saturated heterocycles. The zero-order valence-corrected chi connectivity index (χ0v) is 33.1. The third-order valence-corrected chi connectivity index (χ3v) is 12.5. The van der Waals surface area contributed by atoms with Crippen LogP contribution < -0.4 is 21.3 Å². The van der Waals surface area contributed by atoms with E-state index in [1.54, 1.807) is 7.05 Å². The van der Waals surface area contributed by atoms with Gasteiger partial charge >= 0.3 is 6.03 Å². The summed E-state index contributed by atoms with van der Waals surface area (Å²) in [6, 6.07) is -4.33. The highest BCUT2D eigenvalue weighted by Gasteiger charge is 2.70. The predicted octanol–water partition coefficient (Wildman–Crippen LogP) is 1.81. The van der Waals surface area contributed by atoms with Gasteiger partial charge in [-0.1, -0.05) is 74.3 Å². The molecule has 2 saturated carbocycles. The van der Waals surface area contributed by atoms with Gasteiger partial charge in [-0.25, -0.2) is 18.2 Å². The van der Waals surface area contributed by atoms with Crippen LogP contribution in [-0.4, -0.2) is 108 Å². The van der Waals surface area contributed by atoms with E-state index in [1.807, 2.05) is 55.4 Å². The Bertz CT molecular complexity index is 1670. The third-order valence-electron chi connectivity index (χ3n) is 10.8. The van der Waals surface area contributed by atoms with Crippen molar-refractivity contribution in [3.05, 3.63) is 25.2 Å². The van der Waals surface area contributed by atoms with Gasteiger partial charge in [-0.15, -0.1) is 6.58 Å². The van der Waals surface area contributed by atoms with Gasteiger partial charge in [-0.3, -0.25) is 19.2 Å². The molecule has 5 amide bonds. The first-order chi connectivity index (χ1) is 23.9. The Morgan fingerprint density at radius 1 is 1.06 bits per heavy atom. The summed E-state index contributed by atoms with van der Waals surface area (Å²) >= 11 is 0. The second kappa shape index (κ2) is 14.9. The highest BCUT2D eigenvalue weighted by Crippen LogP contribution is 2.65. The van der Waals surface area contributed by atoms with E-state index in [4.69, 9.17) is 0 Å². The third kappa shape index (κ3) is 9.04. The van der Waals surface area contributed by atoms with Crippen LogP contribution in [0.1, 0.15) is 74.7 Å². The molecule has 0 radical (unpaired) electrons. The molecule has 0 spiro atoms. The molecule has 1 aromatic rings. The maximum absolute atomic E-state index is 14.5. The molecule has 1 aromatic heterocycles. The minimum absolute atomic E-state index is 0.0389. The van der Waals surface area contributed by atoms with Crippen molar-refractivity contribution in [1.29, 1.82) is 0 Å². The maximum atomic E-state index is 14.5. The van der Waals surface area contributed by atoms with Crippen LogP contribution in [0.4, 0.5) is 4.79 Å². The standard InChI is InChI=1S/C36H58N8O7S/c1-12-15-37-31(47)28(45)23(16-21-13-14-21)39-30(46)27-26-22(36(26,8)9)17-44(27)32(48)29(35(5,6)7)41-33(49)40-24(34(2,3)4)18-43(11)52(50,51)25-19-42(10)20-38-25/h12,19-24,26-27,29H,1,13-18H2,2-11H3,(H,37,47)(H,39,46)(H2,40,41,49)/t22-,23?,24+,26-,27-,29+/m0/s1. The van der Waals surface area contributed by atoms with E-state index in [2.05, 4.69) is 32.8 Å². The number of Topliss-reactive ketones (excluding diaryl/α,β-unsaturated/α-hetero) is 1. The normalized spacial score (nSPS) is 22.8. The predicted molar refractivity (Wildman–Crippen MR) is 195 cm³/mol. The van der Waals surface area contributed by atoms with Crippen LogP contribution in [0, 0.1) is 34.0 Å². The van der Waals surface area contributed by atoms with Crippen LogP contribution >= 0.6 is 0 Å². The number of hydrogen-bond donors (Lipinski definition) is 4. The van der Waals surface area contributed by atoms with Crippen molar-refractivity contribution in [3.8, 4) is 0 Å². The number of ketones is 1. The van der Waals surface area contributed by atoms with Crippen molar-refractivity contribution < 1.29 is 32.4 Å². The van der Waals surface area contributed by atoms with Gasteiger partial charge in [-0.2, -0.15) is 4.31 Å². The van der Waals surface area contributed by atoms with E-state index in [0.717, 1.165) is 17.1 Å². The lowest BCUT2D eigenvalue weighted by atomic mass is 9.85. The van der Waals surface area contributed by atoms with Crippen molar-refractivity contribution in [3.63, 3.8) is 0 Å². The van der Waals surface area contributed by atoms with Crippen LogP contribution in [0.3, 0.4) is 0 Å². The molecular weight excluding hydrogens is 689 g/mol. The molecule has 16 heteroatoms. The summed E-state index contributed by atoms with van der Waals surface area (Å²) in [7, 11) is -0.856. The summed E-state index contributed by atoms with van der Waals surface area (Å²) < 4.78 is 29.1. The number of nitrogens with one attached hydrogen (secondary N) is 4. The number of piperidine rings is 1. The van der Waals surface area contributed by atoms with Gasteiger partial charge in [0.25, 0.3) is 15.9 Å². The van der Waals surface area contributed by atoms with Crippen molar-refractivity contribution in [2.75, 3.05) is 26.7 Å². The monoisotopic (exact) mass is 746 g/mol. The molecule has 15 nitrogen and oxygen atoms in total. The number of fused-ring (bicyclic) bond motifs is 1. The first kappa shape index (κ1) is 41.0. The fourth-order valence-corrected chi connectivity index (χ4v) is 8.26. The van der Waals surface area contributed by atoms with E-state index < -0.39 is 74.6 Å². The number of carbonyl (C=O) groups excluding carboxylic acids is 5. The molecule has 1 unspecified atom stereocenters. The van der Waals surface area contributed by atoms with Crippen molar-refractivity contribution in [1.82, 2.24) is 40.0 Å². The zero-order valence-electron chi connectivity index (χ0n) is 32.3. The van der Waals surface area contributed by atoms with Crippen LogP contribution in [0.5, 0.6) is 0 Å². The Morgan fingerprint density at radius 2 is 1.69 bits per heavy atom. The average molecular weight is 747 g/mol. The summed E-state index contributed by atoms with van der Waals surface area (Å²) in [5, 5.41) is 11.0. The van der Waals surface area contributed by atoms with E-state index in [0.29, 0.717) is 13.0 Å². The first-order valence-corrected chi connectivity index (χ1v) is 19.4. The van der Waals surface area contributed by atoms with Crippen LogP contribution in [0.2, 0.25) is 0 Å². The largest absolute Gasteiger partial charge is 0.346 e. The Morgan fingerprint density at radius 3 is 2.21 bits per heavy atom. The number of likely N-dealkylation sites (tertiary alicyclic amines) is 1. The molecule has 2 heterocycles. The number of carbonyl (C=O) groups is 5. The number of hydrogen-bond acceptors (Lipinski definition) is 8. The topological polar surface area (TPSA) is 192 Å². The Labute approximate surface area is 308 Å². The van der Waals surface area contributed by atoms with Crippen LogP contribution in [-0.2, 0) is 36.2 Å². The number of rotatable bonds is 15. The van der Waals surface area contributed by atoms with E-state index in [-0.39, 0.29) is 41.3 Å². The van der Waals surface area contributed by atoms with Crippen molar-refractivity contribution in [2.45, 2.75) is 104 Å². The minimum Gasteiger partial charge on any atom is -0.346 e. The Balaban J connectivity index is 1.52. The molecule has 2 aliphatic carbocycles. The molecule has 290 valence electrons. The van der Waals surface area contributed by atoms with Gasteiger partial charge in [0, 0.05) is 46.0 Å². The second-order valence-corrected chi connectivity index (χ2v) is 19.5. The van der Waals surface area contributed by atoms with Gasteiger partial charge in [-0.05, 0) is 40.4 Å². The van der Waals surface area contributed by atoms with Gasteiger partial charge in [0.2, 0.25) is 17.6 Å². The van der Waals surface area contributed by atoms with E-state index >= 15 is 0 Å². The highest BCUT2D eigenvalue weighted by molar-refractivity contribution is 7.89. The average Bonchev–Trinajstić information content (AvgIpc) is 3.78. The van der Waals surface area contributed by atoms with Gasteiger partial charge in [0.15, 0.2) is 5.03 Å². The fraction of sp³-hybridized carbons (Fsp3) is 0.722. The molecule has 3 aliphatic rings. The summed E-state index contributed by atoms with van der Waals surface area (Å²) in [5.41, 5.74) is -1.60. The van der Waals surface area contributed by atoms with Gasteiger partial charge in [0.05, 0.1) is 12.4 Å². The number of nitrogens with zero attached hydrogens (tertiary/aromatic N) is 4. The lowest BCUT2D eigenvalue weighted by Gasteiger charge is -2.39. The molecule has 0 bridgehead atoms. The van der Waals surface area contributed by atoms with E-state index in [1.165, 1.54) is 35.1 Å². The van der Waals surface area contributed by atoms with Gasteiger partial charge < -0.3 is 30.7 Å². The molecule has 3 fully saturated rings. The quantitative estimate of drug-likeness (QED) is 0.154. The summed E-state index contributed by atoms with van der Waals surface area (Å²) in [5.74, 6) is -2.37. The number of likely N-dealkylation sites (N-methyl/N-ethyl adjacent to an activating group) is 1. The molecule has 4 N–H and O–H groups in total. The van der Waals surface area contributed by atoms with E-state index in [9.17, 15) is 32.4 Å².